The van der Waals surface area contributed by atoms with E-state index in [9.17, 15) is 4.79 Å². The normalized spacial score (nSPS) is 12.9. The molecule has 0 aromatic carbocycles. The number of anilines is 1. The van der Waals surface area contributed by atoms with Gasteiger partial charge in [0.15, 0.2) is 0 Å². The molecule has 1 unspecified atom stereocenters. The van der Waals surface area contributed by atoms with E-state index in [0.717, 1.165) is 0 Å². The molecule has 1 aromatic heterocycles. The Labute approximate surface area is 144 Å². The second-order valence-corrected chi connectivity index (χ2v) is 7.41. The van der Waals surface area contributed by atoms with E-state index >= 15 is 0 Å². The highest BCUT2D eigenvalue weighted by Crippen LogP contribution is 2.22. The van der Waals surface area contributed by atoms with Crippen LogP contribution in [0.3, 0.4) is 0 Å². The van der Waals surface area contributed by atoms with E-state index in [2.05, 4.69) is 36.5 Å². The molecule has 1 atom stereocenters. The van der Waals surface area contributed by atoms with Crippen LogP contribution in [0.4, 0.5) is 10.6 Å². The predicted molar refractivity (Wildman–Crippen MR) is 91.2 cm³/mol. The smallest absolute Gasteiger partial charge is 0.407 e. The lowest BCUT2D eigenvalue weighted by Gasteiger charge is -2.25. The number of nitrogens with one attached hydrogen (secondary N) is 2. The van der Waals surface area contributed by atoms with Gasteiger partial charge in [0.2, 0.25) is 5.28 Å². The molecule has 0 aliphatic heterocycles. The highest BCUT2D eigenvalue weighted by molar-refractivity contribution is 9.10. The number of aromatic nitrogens is 2. The molecule has 0 fully saturated rings. The van der Waals surface area contributed by atoms with E-state index in [1.807, 2.05) is 34.6 Å². The molecule has 0 aliphatic carbocycles. The SMILES string of the molecule is CC(C)C(CNC(=O)OC(C)(C)C)Nc1nc(Cl)ncc1Br. The summed E-state index contributed by atoms with van der Waals surface area (Å²) >= 11 is 9.18. The maximum Gasteiger partial charge on any atom is 0.407 e. The molecule has 1 heterocycles. The molecular formula is C14H22BrClN4O2. The van der Waals surface area contributed by atoms with Crippen molar-refractivity contribution in [2.24, 2.45) is 5.92 Å². The number of amides is 1. The van der Waals surface area contributed by atoms with Crippen LogP contribution in [0, 0.1) is 5.92 Å². The summed E-state index contributed by atoms with van der Waals surface area (Å²) in [6, 6.07) is -0.0326. The minimum absolute atomic E-state index is 0.0326. The number of nitrogens with zero attached hydrogens (tertiary/aromatic N) is 2. The summed E-state index contributed by atoms with van der Waals surface area (Å²) in [5.41, 5.74) is -0.520. The number of carbonyl (C=O) groups is 1. The summed E-state index contributed by atoms with van der Waals surface area (Å²) in [5, 5.41) is 6.17. The number of rotatable bonds is 5. The molecule has 0 spiro atoms. The number of ether oxygens (including phenoxy) is 1. The lowest BCUT2D eigenvalue weighted by atomic mass is 10.0. The number of carbonyl (C=O) groups excluding carboxylic acids is 1. The Morgan fingerprint density at radius 1 is 1.45 bits per heavy atom. The number of halogens is 2. The van der Waals surface area contributed by atoms with E-state index in [4.69, 9.17) is 16.3 Å². The van der Waals surface area contributed by atoms with E-state index in [1.54, 1.807) is 6.20 Å². The topological polar surface area (TPSA) is 76.1 Å². The van der Waals surface area contributed by atoms with E-state index in [1.165, 1.54) is 0 Å². The molecule has 22 heavy (non-hydrogen) atoms. The molecule has 1 amide bonds. The molecule has 0 radical (unpaired) electrons. The maximum atomic E-state index is 11.7. The first-order valence-corrected chi connectivity index (χ1v) is 8.17. The van der Waals surface area contributed by atoms with Crippen LogP contribution in [0.15, 0.2) is 10.7 Å². The van der Waals surface area contributed by atoms with Gasteiger partial charge in [-0.3, -0.25) is 0 Å². The van der Waals surface area contributed by atoms with Crippen molar-refractivity contribution in [2.75, 3.05) is 11.9 Å². The first kappa shape index (κ1) is 19.0. The third-order valence-electron chi connectivity index (χ3n) is 2.71. The van der Waals surface area contributed by atoms with Crippen molar-refractivity contribution in [1.82, 2.24) is 15.3 Å². The minimum atomic E-state index is -0.520. The van der Waals surface area contributed by atoms with E-state index in [-0.39, 0.29) is 17.2 Å². The van der Waals surface area contributed by atoms with Gasteiger partial charge < -0.3 is 15.4 Å². The van der Waals surface area contributed by atoms with Gasteiger partial charge in [-0.05, 0) is 54.2 Å². The van der Waals surface area contributed by atoms with Gasteiger partial charge in [0.25, 0.3) is 0 Å². The minimum Gasteiger partial charge on any atom is -0.444 e. The third kappa shape index (κ3) is 6.79. The van der Waals surface area contributed by atoms with E-state index < -0.39 is 11.7 Å². The summed E-state index contributed by atoms with van der Waals surface area (Å²) in [7, 11) is 0. The summed E-state index contributed by atoms with van der Waals surface area (Å²) in [5.74, 6) is 0.847. The Hall–Kier alpha value is -1.08. The average Bonchev–Trinajstić information content (AvgIpc) is 2.36. The van der Waals surface area contributed by atoms with Crippen molar-refractivity contribution >= 4 is 39.4 Å². The highest BCUT2D eigenvalue weighted by Gasteiger charge is 2.20. The monoisotopic (exact) mass is 392 g/mol. The third-order valence-corrected chi connectivity index (χ3v) is 3.47. The zero-order valence-electron chi connectivity index (χ0n) is 13.4. The maximum absolute atomic E-state index is 11.7. The van der Waals surface area contributed by atoms with Gasteiger partial charge in [-0.2, -0.15) is 4.98 Å². The Morgan fingerprint density at radius 2 is 2.09 bits per heavy atom. The zero-order chi connectivity index (χ0) is 16.9. The molecule has 0 bridgehead atoms. The molecule has 6 nitrogen and oxygen atoms in total. The molecule has 0 saturated heterocycles. The molecule has 2 N–H and O–H groups in total. The Morgan fingerprint density at radius 3 is 2.64 bits per heavy atom. The average molecular weight is 394 g/mol. The highest BCUT2D eigenvalue weighted by atomic mass is 79.9. The van der Waals surface area contributed by atoms with Crippen LogP contribution in [-0.2, 0) is 4.74 Å². The Kier molecular flexibility index (Phi) is 6.87. The van der Waals surface area contributed by atoms with Gasteiger partial charge in [0, 0.05) is 18.8 Å². The summed E-state index contributed by atoms with van der Waals surface area (Å²) in [6.45, 7) is 9.97. The van der Waals surface area contributed by atoms with Crippen LogP contribution in [-0.4, -0.2) is 34.2 Å². The first-order valence-electron chi connectivity index (χ1n) is 7.00. The molecule has 124 valence electrons. The molecule has 1 rings (SSSR count). The van der Waals surface area contributed by atoms with Gasteiger partial charge in [-0.15, -0.1) is 0 Å². The fourth-order valence-corrected chi connectivity index (χ4v) is 2.02. The fourth-order valence-electron chi connectivity index (χ4n) is 1.58. The van der Waals surface area contributed by atoms with Crippen LogP contribution in [0.5, 0.6) is 0 Å². The van der Waals surface area contributed by atoms with Gasteiger partial charge in [0.05, 0.1) is 4.47 Å². The molecular weight excluding hydrogens is 372 g/mol. The number of hydrogen-bond acceptors (Lipinski definition) is 5. The number of hydrogen-bond donors (Lipinski definition) is 2. The largest absolute Gasteiger partial charge is 0.444 e. The lowest BCUT2D eigenvalue weighted by Crippen LogP contribution is -2.42. The zero-order valence-corrected chi connectivity index (χ0v) is 15.7. The van der Waals surface area contributed by atoms with Crippen molar-refractivity contribution in [3.05, 3.63) is 16.0 Å². The van der Waals surface area contributed by atoms with Crippen LogP contribution in [0.25, 0.3) is 0 Å². The molecule has 1 aromatic rings. The first-order chi connectivity index (χ1) is 10.1. The Bertz CT molecular complexity index is 520. The molecule has 8 heteroatoms. The van der Waals surface area contributed by atoms with Gasteiger partial charge in [-0.25, -0.2) is 9.78 Å². The summed E-state index contributed by atoms with van der Waals surface area (Å²) in [4.78, 5) is 19.8. The van der Waals surface area contributed by atoms with Crippen molar-refractivity contribution in [2.45, 2.75) is 46.3 Å². The van der Waals surface area contributed by atoms with Crippen LogP contribution < -0.4 is 10.6 Å². The van der Waals surface area contributed by atoms with Crippen LogP contribution in [0.1, 0.15) is 34.6 Å². The van der Waals surface area contributed by atoms with Crippen LogP contribution >= 0.6 is 27.5 Å². The second kappa shape index (κ2) is 7.97. The second-order valence-electron chi connectivity index (χ2n) is 6.21. The predicted octanol–water partition coefficient (Wildman–Crippen LogP) is 3.85. The van der Waals surface area contributed by atoms with E-state index in [0.29, 0.717) is 16.8 Å². The van der Waals surface area contributed by atoms with Gasteiger partial charge in [0.1, 0.15) is 11.4 Å². The fraction of sp³-hybridized carbons (Fsp3) is 0.643. The summed E-state index contributed by atoms with van der Waals surface area (Å²) < 4.78 is 5.94. The summed E-state index contributed by atoms with van der Waals surface area (Å²) in [6.07, 6.45) is 1.14. The number of alkyl carbamates (subject to hydrolysis) is 1. The Balaban J connectivity index is 2.67. The lowest BCUT2D eigenvalue weighted by molar-refractivity contribution is 0.0523. The quantitative estimate of drug-likeness (QED) is 0.743. The van der Waals surface area contributed by atoms with Crippen molar-refractivity contribution < 1.29 is 9.53 Å². The molecule has 0 saturated carbocycles. The van der Waals surface area contributed by atoms with Gasteiger partial charge >= 0.3 is 6.09 Å². The van der Waals surface area contributed by atoms with Crippen molar-refractivity contribution in [1.29, 1.82) is 0 Å². The molecule has 0 aliphatic rings. The van der Waals surface area contributed by atoms with Crippen molar-refractivity contribution in [3.63, 3.8) is 0 Å². The standard InChI is InChI=1S/C14H22BrClN4O2/c1-8(2)10(7-18-13(21)22-14(3,4)5)19-11-9(15)6-17-12(16)20-11/h6,8,10H,7H2,1-5H3,(H,18,21)(H,17,19,20). The van der Waals surface area contributed by atoms with Crippen molar-refractivity contribution in [3.8, 4) is 0 Å². The van der Waals surface area contributed by atoms with Gasteiger partial charge in [-0.1, -0.05) is 13.8 Å². The van der Waals surface area contributed by atoms with Crippen LogP contribution in [0.2, 0.25) is 5.28 Å².